The highest BCUT2D eigenvalue weighted by Gasteiger charge is 2.42. The molecule has 1 aliphatic carbocycles. The molecule has 0 N–H and O–H groups in total. The molecule has 3 atom stereocenters. The van der Waals surface area contributed by atoms with Gasteiger partial charge >= 0.3 is 0 Å². The third-order valence-corrected chi connectivity index (χ3v) is 5.37. The number of hydrogen-bond donors (Lipinski definition) is 0. The normalized spacial score (nSPS) is 26.1. The zero-order chi connectivity index (χ0) is 17.1. The molecule has 1 aliphatic heterocycles. The third kappa shape index (κ3) is 3.24. The van der Waals surface area contributed by atoms with Crippen molar-refractivity contribution in [2.75, 3.05) is 13.2 Å². The van der Waals surface area contributed by atoms with E-state index in [1.54, 1.807) is 0 Å². The Morgan fingerprint density at radius 1 is 1.12 bits per heavy atom. The molecular weight excluding hydrogens is 302 g/mol. The van der Waals surface area contributed by atoms with Crippen molar-refractivity contribution in [3.8, 4) is 11.5 Å². The molecule has 3 unspecified atom stereocenters. The zero-order valence-electron chi connectivity index (χ0n) is 15.1. The van der Waals surface area contributed by atoms with E-state index in [0.29, 0.717) is 48.3 Å². The van der Waals surface area contributed by atoms with Crippen LogP contribution in [-0.4, -0.2) is 36.1 Å². The second-order valence-electron chi connectivity index (χ2n) is 6.94. The summed E-state index contributed by atoms with van der Waals surface area (Å²) in [4.78, 5) is 15.3. The van der Waals surface area contributed by atoms with E-state index in [1.807, 2.05) is 32.0 Å². The van der Waals surface area contributed by atoms with Gasteiger partial charge in [0.15, 0.2) is 11.5 Å². The second kappa shape index (κ2) is 7.45. The Bertz CT molecular complexity index is 586. The number of carbonyl (C=O) groups excluding carboxylic acids is 1. The predicted octanol–water partition coefficient (Wildman–Crippen LogP) is 4.28. The van der Waals surface area contributed by atoms with Crippen LogP contribution in [0.5, 0.6) is 11.5 Å². The van der Waals surface area contributed by atoms with Gasteiger partial charge in [-0.2, -0.15) is 0 Å². The molecule has 0 aromatic heterocycles. The van der Waals surface area contributed by atoms with Gasteiger partial charge in [-0.1, -0.05) is 12.8 Å². The average Bonchev–Trinajstić information content (AvgIpc) is 2.92. The Morgan fingerprint density at radius 2 is 1.83 bits per heavy atom. The van der Waals surface area contributed by atoms with Gasteiger partial charge in [-0.3, -0.25) is 4.79 Å². The highest BCUT2D eigenvalue weighted by Crippen LogP contribution is 2.40. The minimum atomic E-state index is 0.140. The van der Waals surface area contributed by atoms with Crippen molar-refractivity contribution in [1.82, 2.24) is 4.90 Å². The maximum Gasteiger partial charge on any atom is 0.254 e. The fourth-order valence-corrected chi connectivity index (χ4v) is 4.39. The standard InChI is InChI=1S/C20H29NO3/c1-4-23-18-11-10-16(13-19(18)24-5-2)20(22)21-14(3)12-15-8-6-7-9-17(15)21/h10-11,13-15,17H,4-9,12H2,1-3H3. The van der Waals surface area contributed by atoms with Crippen LogP contribution in [0.2, 0.25) is 0 Å². The summed E-state index contributed by atoms with van der Waals surface area (Å²) >= 11 is 0. The Kier molecular flexibility index (Phi) is 5.32. The van der Waals surface area contributed by atoms with Crippen molar-refractivity contribution >= 4 is 5.91 Å². The molecule has 1 aromatic carbocycles. The zero-order valence-corrected chi connectivity index (χ0v) is 15.1. The van der Waals surface area contributed by atoms with E-state index in [1.165, 1.54) is 19.3 Å². The molecule has 0 bridgehead atoms. The molecule has 132 valence electrons. The monoisotopic (exact) mass is 331 g/mol. The van der Waals surface area contributed by atoms with Crippen LogP contribution in [-0.2, 0) is 0 Å². The molecule has 0 spiro atoms. The van der Waals surface area contributed by atoms with Crippen molar-refractivity contribution in [3.63, 3.8) is 0 Å². The largest absolute Gasteiger partial charge is 0.490 e. The molecule has 4 nitrogen and oxygen atoms in total. The number of likely N-dealkylation sites (tertiary alicyclic amines) is 1. The lowest BCUT2D eigenvalue weighted by atomic mass is 9.85. The smallest absolute Gasteiger partial charge is 0.254 e. The van der Waals surface area contributed by atoms with Crippen molar-refractivity contribution in [2.45, 2.75) is 65.0 Å². The number of amides is 1. The summed E-state index contributed by atoms with van der Waals surface area (Å²) in [7, 11) is 0. The van der Waals surface area contributed by atoms with Crippen LogP contribution in [0.3, 0.4) is 0 Å². The lowest BCUT2D eigenvalue weighted by Crippen LogP contribution is -2.42. The maximum absolute atomic E-state index is 13.2. The first-order chi connectivity index (χ1) is 11.7. The van der Waals surface area contributed by atoms with E-state index in [9.17, 15) is 4.79 Å². The molecule has 24 heavy (non-hydrogen) atoms. The first-order valence-corrected chi connectivity index (χ1v) is 9.38. The fraction of sp³-hybridized carbons (Fsp3) is 0.650. The summed E-state index contributed by atoms with van der Waals surface area (Å²) in [5.74, 6) is 2.20. The van der Waals surface area contributed by atoms with Crippen LogP contribution >= 0.6 is 0 Å². The number of benzene rings is 1. The first kappa shape index (κ1) is 17.1. The SMILES string of the molecule is CCOc1ccc(C(=O)N2C(C)CC3CCCCC32)cc1OCC. The molecule has 4 heteroatoms. The summed E-state index contributed by atoms with van der Waals surface area (Å²) < 4.78 is 11.3. The average molecular weight is 331 g/mol. The van der Waals surface area contributed by atoms with Crippen molar-refractivity contribution < 1.29 is 14.3 Å². The molecule has 1 heterocycles. The maximum atomic E-state index is 13.2. The molecule has 1 saturated carbocycles. The van der Waals surface area contributed by atoms with E-state index in [2.05, 4.69) is 11.8 Å². The minimum Gasteiger partial charge on any atom is -0.490 e. The van der Waals surface area contributed by atoms with E-state index in [4.69, 9.17) is 9.47 Å². The summed E-state index contributed by atoms with van der Waals surface area (Å²) in [5, 5.41) is 0. The number of nitrogens with zero attached hydrogens (tertiary/aromatic N) is 1. The Balaban J connectivity index is 1.85. The van der Waals surface area contributed by atoms with Gasteiger partial charge in [0.2, 0.25) is 0 Å². The van der Waals surface area contributed by atoms with Crippen LogP contribution in [0, 0.1) is 5.92 Å². The molecular formula is C20H29NO3. The quantitative estimate of drug-likeness (QED) is 0.808. The summed E-state index contributed by atoms with van der Waals surface area (Å²) in [5.41, 5.74) is 0.708. The fourth-order valence-electron chi connectivity index (χ4n) is 4.39. The van der Waals surface area contributed by atoms with E-state index in [0.717, 1.165) is 12.8 Å². The topological polar surface area (TPSA) is 38.8 Å². The molecule has 1 aromatic rings. The van der Waals surface area contributed by atoms with Crippen molar-refractivity contribution in [3.05, 3.63) is 23.8 Å². The minimum absolute atomic E-state index is 0.140. The number of fused-ring (bicyclic) bond motifs is 1. The number of rotatable bonds is 5. The highest BCUT2D eigenvalue weighted by atomic mass is 16.5. The first-order valence-electron chi connectivity index (χ1n) is 9.38. The second-order valence-corrected chi connectivity index (χ2v) is 6.94. The molecule has 0 radical (unpaired) electrons. The molecule has 2 fully saturated rings. The third-order valence-electron chi connectivity index (χ3n) is 5.37. The summed E-state index contributed by atoms with van der Waals surface area (Å²) in [6.45, 7) is 7.22. The van der Waals surface area contributed by atoms with Gasteiger partial charge < -0.3 is 14.4 Å². The lowest BCUT2D eigenvalue weighted by molar-refractivity contribution is 0.0633. The molecule has 2 aliphatic rings. The van der Waals surface area contributed by atoms with Crippen LogP contribution in [0.15, 0.2) is 18.2 Å². The van der Waals surface area contributed by atoms with Gasteiger partial charge in [0.25, 0.3) is 5.91 Å². The Labute approximate surface area is 145 Å². The van der Waals surface area contributed by atoms with Crippen LogP contribution in [0.1, 0.15) is 63.2 Å². The molecule has 3 rings (SSSR count). The van der Waals surface area contributed by atoms with Gasteiger partial charge in [0.1, 0.15) is 0 Å². The van der Waals surface area contributed by atoms with Crippen LogP contribution in [0.25, 0.3) is 0 Å². The van der Waals surface area contributed by atoms with Crippen molar-refractivity contribution in [2.24, 2.45) is 5.92 Å². The summed E-state index contributed by atoms with van der Waals surface area (Å²) in [6, 6.07) is 6.33. The number of carbonyl (C=O) groups is 1. The van der Waals surface area contributed by atoms with Gasteiger partial charge in [-0.15, -0.1) is 0 Å². The van der Waals surface area contributed by atoms with Crippen LogP contribution < -0.4 is 9.47 Å². The predicted molar refractivity (Wildman–Crippen MR) is 94.8 cm³/mol. The van der Waals surface area contributed by atoms with E-state index < -0.39 is 0 Å². The Morgan fingerprint density at radius 3 is 2.58 bits per heavy atom. The van der Waals surface area contributed by atoms with Gasteiger partial charge in [-0.05, 0) is 64.2 Å². The lowest BCUT2D eigenvalue weighted by Gasteiger charge is -2.33. The number of ether oxygens (including phenoxy) is 2. The number of hydrogen-bond acceptors (Lipinski definition) is 3. The van der Waals surface area contributed by atoms with Gasteiger partial charge in [0.05, 0.1) is 13.2 Å². The van der Waals surface area contributed by atoms with E-state index in [-0.39, 0.29) is 5.91 Å². The van der Waals surface area contributed by atoms with Crippen molar-refractivity contribution in [1.29, 1.82) is 0 Å². The highest BCUT2D eigenvalue weighted by molar-refractivity contribution is 5.95. The van der Waals surface area contributed by atoms with E-state index >= 15 is 0 Å². The van der Waals surface area contributed by atoms with Gasteiger partial charge in [0, 0.05) is 17.6 Å². The molecule has 1 amide bonds. The van der Waals surface area contributed by atoms with Gasteiger partial charge in [-0.25, -0.2) is 0 Å². The van der Waals surface area contributed by atoms with Crippen LogP contribution in [0.4, 0.5) is 0 Å². The Hall–Kier alpha value is -1.71. The summed E-state index contributed by atoms with van der Waals surface area (Å²) in [6.07, 6.45) is 6.12. The molecule has 1 saturated heterocycles.